The molecule has 0 radical (unpaired) electrons. The van der Waals surface area contributed by atoms with Crippen LogP contribution in [0.2, 0.25) is 0 Å². The molecule has 0 saturated heterocycles. The van der Waals surface area contributed by atoms with E-state index in [1.165, 1.54) is 24.0 Å². The first-order valence-electron chi connectivity index (χ1n) is 6.89. The van der Waals surface area contributed by atoms with Crippen LogP contribution in [-0.2, 0) is 13.0 Å². The lowest BCUT2D eigenvalue weighted by Gasteiger charge is -2.12. The zero-order valence-electron chi connectivity index (χ0n) is 11.4. The van der Waals surface area contributed by atoms with Crippen molar-refractivity contribution in [2.24, 2.45) is 0 Å². The summed E-state index contributed by atoms with van der Waals surface area (Å²) in [6.45, 7) is 4.99. The lowest BCUT2D eigenvalue weighted by molar-refractivity contribution is 0.635. The van der Waals surface area contributed by atoms with Gasteiger partial charge in [-0.2, -0.15) is 4.68 Å². The Morgan fingerprint density at radius 1 is 1.37 bits per heavy atom. The Hall–Kier alpha value is -1.75. The number of para-hydroxylation sites is 1. The Morgan fingerprint density at radius 3 is 2.95 bits per heavy atom. The van der Waals surface area contributed by atoms with Crippen LogP contribution in [0.1, 0.15) is 36.7 Å². The zero-order chi connectivity index (χ0) is 13.2. The molecular weight excluding hydrogens is 238 g/mol. The fraction of sp³-hybridized carbons (Fsp3) is 0.500. The van der Waals surface area contributed by atoms with Crippen LogP contribution in [0.3, 0.4) is 0 Å². The van der Waals surface area contributed by atoms with E-state index in [1.54, 1.807) is 0 Å². The maximum atomic E-state index is 4.17. The van der Waals surface area contributed by atoms with Gasteiger partial charge in [0.15, 0.2) is 5.82 Å². The number of hydrogen-bond acceptors (Lipinski definition) is 4. The van der Waals surface area contributed by atoms with Crippen LogP contribution in [0.25, 0.3) is 5.69 Å². The topological polar surface area (TPSA) is 55.6 Å². The van der Waals surface area contributed by atoms with E-state index in [4.69, 9.17) is 0 Å². The molecule has 5 nitrogen and oxygen atoms in total. The fourth-order valence-corrected chi connectivity index (χ4v) is 2.32. The highest BCUT2D eigenvalue weighted by atomic mass is 15.5. The molecule has 3 rings (SSSR count). The Kier molecular flexibility index (Phi) is 3.29. The Balaban J connectivity index is 1.94. The predicted octanol–water partition coefficient (Wildman–Crippen LogP) is 1.79. The van der Waals surface area contributed by atoms with Crippen LogP contribution in [0.15, 0.2) is 18.2 Å². The van der Waals surface area contributed by atoms with Gasteiger partial charge in [0.2, 0.25) is 0 Å². The van der Waals surface area contributed by atoms with Gasteiger partial charge >= 0.3 is 0 Å². The zero-order valence-corrected chi connectivity index (χ0v) is 11.4. The molecule has 0 spiro atoms. The smallest absolute Gasteiger partial charge is 0.170 e. The first kappa shape index (κ1) is 12.3. The monoisotopic (exact) mass is 257 g/mol. The van der Waals surface area contributed by atoms with Crippen molar-refractivity contribution >= 4 is 0 Å². The lowest BCUT2D eigenvalue weighted by atomic mass is 10.1. The maximum Gasteiger partial charge on any atom is 0.170 e. The molecule has 0 aliphatic heterocycles. The first-order valence-corrected chi connectivity index (χ1v) is 6.89. The Labute approximate surface area is 113 Å². The van der Waals surface area contributed by atoms with Crippen LogP contribution in [0, 0.1) is 6.92 Å². The van der Waals surface area contributed by atoms with Gasteiger partial charge in [-0.3, -0.25) is 0 Å². The Bertz CT molecular complexity index is 571. The fourth-order valence-electron chi connectivity index (χ4n) is 2.32. The standard InChI is InChI=1S/C14H19N5/c1-3-11-6-4-5-10(2)14(11)19-13(16-17-18-19)9-15-12-7-8-12/h4-6,12,15H,3,7-9H2,1-2H3. The summed E-state index contributed by atoms with van der Waals surface area (Å²) in [6, 6.07) is 6.99. The highest BCUT2D eigenvalue weighted by molar-refractivity contribution is 5.47. The second-order valence-electron chi connectivity index (χ2n) is 5.10. The van der Waals surface area contributed by atoms with Gasteiger partial charge in [0, 0.05) is 6.04 Å². The van der Waals surface area contributed by atoms with Crippen molar-refractivity contribution in [3.8, 4) is 5.69 Å². The van der Waals surface area contributed by atoms with Gasteiger partial charge in [-0.25, -0.2) is 0 Å². The van der Waals surface area contributed by atoms with Crippen molar-refractivity contribution in [2.75, 3.05) is 0 Å². The van der Waals surface area contributed by atoms with Crippen molar-refractivity contribution in [1.29, 1.82) is 0 Å². The summed E-state index contributed by atoms with van der Waals surface area (Å²) >= 11 is 0. The van der Waals surface area contributed by atoms with E-state index in [0.29, 0.717) is 6.04 Å². The molecule has 1 N–H and O–H groups in total. The van der Waals surface area contributed by atoms with Gasteiger partial charge in [0.05, 0.1) is 12.2 Å². The number of hydrogen-bond donors (Lipinski definition) is 1. The molecule has 1 fully saturated rings. The summed E-state index contributed by atoms with van der Waals surface area (Å²) in [5.41, 5.74) is 3.61. The van der Waals surface area contributed by atoms with Gasteiger partial charge in [0.1, 0.15) is 0 Å². The molecule has 100 valence electrons. The molecule has 1 aliphatic carbocycles. The molecule has 5 heteroatoms. The van der Waals surface area contributed by atoms with E-state index in [-0.39, 0.29) is 0 Å². The third-order valence-corrected chi connectivity index (χ3v) is 3.57. The summed E-state index contributed by atoms with van der Waals surface area (Å²) in [4.78, 5) is 0. The highest BCUT2D eigenvalue weighted by Gasteiger charge is 2.22. The maximum absolute atomic E-state index is 4.17. The molecule has 1 saturated carbocycles. The normalized spacial score (nSPS) is 14.8. The number of benzene rings is 1. The molecule has 19 heavy (non-hydrogen) atoms. The minimum absolute atomic E-state index is 0.660. The summed E-state index contributed by atoms with van der Waals surface area (Å²) in [5.74, 6) is 0.885. The molecule has 0 unspecified atom stereocenters. The summed E-state index contributed by atoms with van der Waals surface area (Å²) in [6.07, 6.45) is 3.52. The van der Waals surface area contributed by atoms with Crippen LogP contribution in [0.5, 0.6) is 0 Å². The second-order valence-corrected chi connectivity index (χ2v) is 5.10. The third-order valence-electron chi connectivity index (χ3n) is 3.57. The molecule has 1 heterocycles. The third kappa shape index (κ3) is 2.51. The van der Waals surface area contributed by atoms with E-state index in [2.05, 4.69) is 52.9 Å². The number of nitrogens with one attached hydrogen (secondary N) is 1. The van der Waals surface area contributed by atoms with Crippen LogP contribution in [-0.4, -0.2) is 26.2 Å². The van der Waals surface area contributed by atoms with Crippen molar-refractivity contribution in [3.05, 3.63) is 35.2 Å². The molecule has 1 aromatic carbocycles. The predicted molar refractivity (Wildman–Crippen MR) is 73.1 cm³/mol. The van der Waals surface area contributed by atoms with E-state index in [9.17, 15) is 0 Å². The van der Waals surface area contributed by atoms with Gasteiger partial charge < -0.3 is 5.32 Å². The highest BCUT2D eigenvalue weighted by Crippen LogP contribution is 2.21. The minimum atomic E-state index is 0.660. The van der Waals surface area contributed by atoms with Crippen LogP contribution in [0.4, 0.5) is 0 Å². The van der Waals surface area contributed by atoms with Crippen molar-refractivity contribution < 1.29 is 0 Å². The van der Waals surface area contributed by atoms with Gasteiger partial charge in [0.25, 0.3) is 0 Å². The number of rotatable bonds is 5. The van der Waals surface area contributed by atoms with E-state index >= 15 is 0 Å². The van der Waals surface area contributed by atoms with Crippen molar-refractivity contribution in [1.82, 2.24) is 25.5 Å². The number of nitrogens with zero attached hydrogens (tertiary/aromatic N) is 4. The quantitative estimate of drug-likeness (QED) is 0.887. The molecule has 2 aromatic rings. The molecule has 1 aliphatic rings. The molecule has 0 atom stereocenters. The molecule has 1 aromatic heterocycles. The second kappa shape index (κ2) is 5.09. The SMILES string of the molecule is CCc1cccc(C)c1-n1nnnc1CNC1CC1. The number of aromatic nitrogens is 4. The van der Waals surface area contributed by atoms with Crippen molar-refractivity contribution in [2.45, 2.75) is 45.7 Å². The Morgan fingerprint density at radius 2 is 2.21 bits per heavy atom. The molecule has 0 bridgehead atoms. The largest absolute Gasteiger partial charge is 0.307 e. The summed E-state index contributed by atoms with van der Waals surface area (Å²) in [5, 5.41) is 15.6. The van der Waals surface area contributed by atoms with Crippen LogP contribution < -0.4 is 5.32 Å². The average Bonchev–Trinajstić information content (AvgIpc) is 3.14. The van der Waals surface area contributed by atoms with E-state index in [1.807, 2.05) is 4.68 Å². The van der Waals surface area contributed by atoms with Crippen molar-refractivity contribution in [3.63, 3.8) is 0 Å². The van der Waals surface area contributed by atoms with Gasteiger partial charge in [-0.05, 0) is 47.7 Å². The minimum Gasteiger partial charge on any atom is -0.307 e. The molecule has 0 amide bonds. The van der Waals surface area contributed by atoms with Gasteiger partial charge in [-0.1, -0.05) is 25.1 Å². The number of aryl methyl sites for hydroxylation is 2. The first-order chi connectivity index (χ1) is 9.29. The molecular formula is C14H19N5. The number of tetrazole rings is 1. The average molecular weight is 257 g/mol. The lowest BCUT2D eigenvalue weighted by Crippen LogP contribution is -2.19. The summed E-state index contributed by atoms with van der Waals surface area (Å²) < 4.78 is 1.88. The van der Waals surface area contributed by atoms with Gasteiger partial charge in [-0.15, -0.1) is 5.10 Å². The van der Waals surface area contributed by atoms with E-state index < -0.39 is 0 Å². The van der Waals surface area contributed by atoms with Crippen LogP contribution >= 0.6 is 0 Å². The summed E-state index contributed by atoms with van der Waals surface area (Å²) in [7, 11) is 0. The van der Waals surface area contributed by atoms with E-state index in [0.717, 1.165) is 24.5 Å².